The topological polar surface area (TPSA) is 69.2 Å². The zero-order valence-electron chi connectivity index (χ0n) is 11.5. The van der Waals surface area contributed by atoms with Crippen LogP contribution in [0.15, 0.2) is 23.3 Å². The maximum absolute atomic E-state index is 11.1. The number of hydrogen-bond acceptors (Lipinski definition) is 5. The van der Waals surface area contributed by atoms with Crippen molar-refractivity contribution < 1.29 is 19.0 Å². The molecule has 1 aromatic carbocycles. The smallest absolute Gasteiger partial charge is 0.427 e. The second-order valence-electron chi connectivity index (χ2n) is 3.60. The number of carbonyl (C=O) groups is 1. The molecule has 0 heterocycles. The molecule has 1 amide bonds. The quantitative estimate of drug-likeness (QED) is 0.655. The van der Waals surface area contributed by atoms with Crippen molar-refractivity contribution in [3.8, 4) is 11.5 Å². The van der Waals surface area contributed by atoms with E-state index in [2.05, 4.69) is 10.5 Å². The number of nitrogens with zero attached hydrogens (tertiary/aromatic N) is 1. The second-order valence-corrected chi connectivity index (χ2v) is 3.60. The van der Waals surface area contributed by atoms with Gasteiger partial charge in [-0.25, -0.2) is 10.2 Å². The molecule has 0 aromatic heterocycles. The highest BCUT2D eigenvalue weighted by Crippen LogP contribution is 2.24. The highest BCUT2D eigenvalue weighted by Gasteiger charge is 2.08. The molecule has 1 rings (SSSR count). The summed E-state index contributed by atoms with van der Waals surface area (Å²) in [6, 6.07) is 5.35. The molecule has 0 aliphatic carbocycles. The van der Waals surface area contributed by atoms with Gasteiger partial charge < -0.3 is 14.2 Å². The van der Waals surface area contributed by atoms with Crippen LogP contribution in [0, 0.1) is 0 Å². The number of amides is 1. The van der Waals surface area contributed by atoms with Crippen molar-refractivity contribution in [3.05, 3.63) is 23.8 Å². The molecule has 6 heteroatoms. The fourth-order valence-corrected chi connectivity index (χ4v) is 1.45. The molecular formula is C13H18N2O4. The van der Waals surface area contributed by atoms with Crippen molar-refractivity contribution >= 4 is 11.8 Å². The lowest BCUT2D eigenvalue weighted by Gasteiger charge is -2.10. The van der Waals surface area contributed by atoms with Crippen LogP contribution in [0.4, 0.5) is 4.79 Å². The van der Waals surface area contributed by atoms with Crippen molar-refractivity contribution in [2.24, 2.45) is 5.10 Å². The lowest BCUT2D eigenvalue weighted by atomic mass is 10.1. The zero-order valence-corrected chi connectivity index (χ0v) is 11.5. The van der Waals surface area contributed by atoms with E-state index >= 15 is 0 Å². The summed E-state index contributed by atoms with van der Waals surface area (Å²) in [5.74, 6) is 1.30. The van der Waals surface area contributed by atoms with E-state index < -0.39 is 6.09 Å². The summed E-state index contributed by atoms with van der Waals surface area (Å²) in [6.07, 6.45) is -0.589. The summed E-state index contributed by atoms with van der Waals surface area (Å²) < 4.78 is 15.1. The van der Waals surface area contributed by atoms with Gasteiger partial charge in [0.05, 0.1) is 26.5 Å². The van der Waals surface area contributed by atoms with Crippen LogP contribution < -0.4 is 14.9 Å². The van der Waals surface area contributed by atoms with Crippen molar-refractivity contribution in [2.75, 3.05) is 20.8 Å². The van der Waals surface area contributed by atoms with Crippen LogP contribution >= 0.6 is 0 Å². The molecule has 0 aliphatic rings. The van der Waals surface area contributed by atoms with Crippen molar-refractivity contribution in [1.29, 1.82) is 0 Å². The van der Waals surface area contributed by atoms with E-state index in [0.29, 0.717) is 23.8 Å². The van der Waals surface area contributed by atoms with Gasteiger partial charge >= 0.3 is 6.09 Å². The Morgan fingerprint density at radius 3 is 2.63 bits per heavy atom. The molecule has 0 fully saturated rings. The van der Waals surface area contributed by atoms with E-state index in [1.807, 2.05) is 6.07 Å². The monoisotopic (exact) mass is 266 g/mol. The molecule has 0 atom stereocenters. The Morgan fingerprint density at radius 1 is 1.32 bits per heavy atom. The molecule has 0 bridgehead atoms. The van der Waals surface area contributed by atoms with Crippen LogP contribution in [0.1, 0.15) is 19.4 Å². The summed E-state index contributed by atoms with van der Waals surface area (Å²) in [5, 5.41) is 3.95. The summed E-state index contributed by atoms with van der Waals surface area (Å²) in [5.41, 5.74) is 3.67. The molecule has 19 heavy (non-hydrogen) atoms. The van der Waals surface area contributed by atoms with Crippen LogP contribution in [0.2, 0.25) is 0 Å². The molecule has 104 valence electrons. The molecule has 6 nitrogen and oxygen atoms in total. The molecule has 0 radical (unpaired) electrons. The minimum Gasteiger partial charge on any atom is -0.497 e. The first-order valence-electron chi connectivity index (χ1n) is 5.81. The van der Waals surface area contributed by atoms with Crippen molar-refractivity contribution in [2.45, 2.75) is 13.8 Å². The molecule has 0 aliphatic heterocycles. The Hall–Kier alpha value is -2.24. The third-order valence-electron chi connectivity index (χ3n) is 2.39. The van der Waals surface area contributed by atoms with Crippen LogP contribution in [0.25, 0.3) is 0 Å². The first-order chi connectivity index (χ1) is 9.12. The van der Waals surface area contributed by atoms with Crippen molar-refractivity contribution in [3.63, 3.8) is 0 Å². The first kappa shape index (κ1) is 14.8. The number of rotatable bonds is 5. The van der Waals surface area contributed by atoms with E-state index in [4.69, 9.17) is 14.2 Å². The van der Waals surface area contributed by atoms with Gasteiger partial charge in [0.25, 0.3) is 0 Å². The summed E-state index contributed by atoms with van der Waals surface area (Å²) in [4.78, 5) is 11.1. The molecule has 0 spiro atoms. The number of hydrazone groups is 1. The number of carbonyl (C=O) groups excluding carboxylic acids is 1. The minimum absolute atomic E-state index is 0.298. The SMILES string of the molecule is CCOC(=O)NN=C(C)c1ccc(OC)cc1OC. The zero-order chi connectivity index (χ0) is 14.3. The van der Waals surface area contributed by atoms with Gasteiger partial charge in [0, 0.05) is 11.6 Å². The number of benzene rings is 1. The Balaban J connectivity index is 2.89. The highest BCUT2D eigenvalue weighted by atomic mass is 16.5. The van der Waals surface area contributed by atoms with Gasteiger partial charge in [0.15, 0.2) is 0 Å². The number of hydrogen-bond donors (Lipinski definition) is 1. The molecular weight excluding hydrogens is 248 g/mol. The average Bonchev–Trinajstić information content (AvgIpc) is 2.44. The van der Waals surface area contributed by atoms with Crippen LogP contribution in [-0.2, 0) is 4.74 Å². The Kier molecular flexibility index (Phi) is 5.66. The van der Waals surface area contributed by atoms with Crippen molar-refractivity contribution in [1.82, 2.24) is 5.43 Å². The number of methoxy groups -OCH3 is 2. The maximum atomic E-state index is 11.1. The van der Waals surface area contributed by atoms with E-state index in [-0.39, 0.29) is 0 Å². The standard InChI is InChI=1S/C13H18N2O4/c1-5-19-13(16)15-14-9(2)11-7-6-10(17-3)8-12(11)18-4/h6-8H,5H2,1-4H3,(H,15,16). The van der Waals surface area contributed by atoms with Crippen LogP contribution in [0.5, 0.6) is 11.5 Å². The van der Waals surface area contributed by atoms with Gasteiger partial charge in [-0.3, -0.25) is 0 Å². The van der Waals surface area contributed by atoms with Gasteiger partial charge in [-0.05, 0) is 26.0 Å². The maximum Gasteiger partial charge on any atom is 0.427 e. The Morgan fingerprint density at radius 2 is 2.05 bits per heavy atom. The lowest BCUT2D eigenvalue weighted by Crippen LogP contribution is -2.20. The van der Waals surface area contributed by atoms with Gasteiger partial charge in [0.2, 0.25) is 0 Å². The lowest BCUT2D eigenvalue weighted by molar-refractivity contribution is 0.152. The normalized spacial score (nSPS) is 10.8. The molecule has 0 saturated heterocycles. The van der Waals surface area contributed by atoms with Crippen LogP contribution in [0.3, 0.4) is 0 Å². The van der Waals surface area contributed by atoms with E-state index in [1.54, 1.807) is 40.2 Å². The molecule has 1 N–H and O–H groups in total. The Bertz CT molecular complexity index is 472. The molecule has 0 saturated carbocycles. The van der Waals surface area contributed by atoms with E-state index in [9.17, 15) is 4.79 Å². The molecule has 1 aromatic rings. The number of ether oxygens (including phenoxy) is 3. The fraction of sp³-hybridized carbons (Fsp3) is 0.385. The van der Waals surface area contributed by atoms with Crippen LogP contribution in [-0.4, -0.2) is 32.6 Å². The predicted molar refractivity (Wildman–Crippen MR) is 71.9 cm³/mol. The van der Waals surface area contributed by atoms with E-state index in [0.717, 1.165) is 5.56 Å². The second kappa shape index (κ2) is 7.25. The summed E-state index contributed by atoms with van der Waals surface area (Å²) in [7, 11) is 3.14. The number of nitrogens with one attached hydrogen (secondary N) is 1. The first-order valence-corrected chi connectivity index (χ1v) is 5.81. The highest BCUT2D eigenvalue weighted by molar-refractivity contribution is 6.01. The summed E-state index contributed by atoms with van der Waals surface area (Å²) in [6.45, 7) is 3.78. The third-order valence-corrected chi connectivity index (χ3v) is 2.39. The van der Waals surface area contributed by atoms with Gasteiger partial charge in [-0.15, -0.1) is 0 Å². The van der Waals surface area contributed by atoms with Gasteiger partial charge in [-0.1, -0.05) is 0 Å². The average molecular weight is 266 g/mol. The van der Waals surface area contributed by atoms with Gasteiger partial charge in [0.1, 0.15) is 11.5 Å². The fourth-order valence-electron chi connectivity index (χ4n) is 1.45. The third kappa shape index (κ3) is 4.17. The predicted octanol–water partition coefficient (Wildman–Crippen LogP) is 2.17. The summed E-state index contributed by atoms with van der Waals surface area (Å²) >= 11 is 0. The van der Waals surface area contributed by atoms with E-state index in [1.165, 1.54) is 0 Å². The van der Waals surface area contributed by atoms with Gasteiger partial charge in [-0.2, -0.15) is 5.10 Å². The Labute approximate surface area is 112 Å². The minimum atomic E-state index is -0.589. The largest absolute Gasteiger partial charge is 0.497 e. The molecule has 0 unspecified atom stereocenters.